The topological polar surface area (TPSA) is 106 Å². The monoisotopic (exact) mass is 313 g/mol. The number of alkyl carbamates (subject to hydrolysis) is 1. The van der Waals surface area contributed by atoms with Gasteiger partial charge in [0.15, 0.2) is 0 Å². The largest absolute Gasteiger partial charge is 0.464 e. The summed E-state index contributed by atoms with van der Waals surface area (Å²) in [6, 6.07) is 0. The zero-order chi connectivity index (χ0) is 16.2. The Balaban J connectivity index is 2.65. The molecule has 0 aromatic heterocycles. The van der Waals surface area contributed by atoms with Gasteiger partial charge in [-0.15, -0.1) is 0 Å². The van der Waals surface area contributed by atoms with E-state index in [0.717, 1.165) is 38.5 Å². The van der Waals surface area contributed by atoms with Crippen LogP contribution in [0.3, 0.4) is 0 Å². The van der Waals surface area contributed by atoms with Gasteiger partial charge < -0.3 is 9.47 Å². The average molecular weight is 313 g/mol. The standard InChI is InChI=1S/C14H23N3O5/c1-21-14(20)17-13-15-10-12(19)22-9-7-5-3-2-4-6-8-11(18)16-13/h2-10H2,1H3,(H2,15,16,17,18,20). The lowest BCUT2D eigenvalue weighted by Gasteiger charge is -2.09. The number of rotatable bonds is 0. The van der Waals surface area contributed by atoms with Crippen LogP contribution in [0.25, 0.3) is 0 Å². The minimum absolute atomic E-state index is 0.108. The summed E-state index contributed by atoms with van der Waals surface area (Å²) in [5.74, 6) is -0.879. The van der Waals surface area contributed by atoms with Gasteiger partial charge in [0.05, 0.1) is 13.7 Å². The van der Waals surface area contributed by atoms with Crippen LogP contribution in [0, 0.1) is 0 Å². The lowest BCUT2D eigenvalue weighted by atomic mass is 10.1. The quantitative estimate of drug-likeness (QED) is 0.651. The highest BCUT2D eigenvalue weighted by molar-refractivity contribution is 6.03. The van der Waals surface area contributed by atoms with E-state index >= 15 is 0 Å². The third-order valence-corrected chi connectivity index (χ3v) is 3.09. The third kappa shape index (κ3) is 8.23. The maximum Gasteiger partial charge on any atom is 0.413 e. The molecule has 0 atom stereocenters. The van der Waals surface area contributed by atoms with Crippen molar-refractivity contribution in [2.45, 2.75) is 44.9 Å². The molecule has 0 radical (unpaired) electrons. The first-order valence-corrected chi connectivity index (χ1v) is 7.46. The van der Waals surface area contributed by atoms with E-state index in [1.807, 2.05) is 0 Å². The molecule has 0 aromatic rings. The molecule has 1 aliphatic rings. The number of hydrogen-bond acceptors (Lipinski definition) is 6. The zero-order valence-corrected chi connectivity index (χ0v) is 12.9. The highest BCUT2D eigenvalue weighted by Crippen LogP contribution is 2.07. The maximum absolute atomic E-state index is 11.8. The lowest BCUT2D eigenvalue weighted by Crippen LogP contribution is -2.44. The fourth-order valence-corrected chi connectivity index (χ4v) is 1.92. The van der Waals surface area contributed by atoms with Gasteiger partial charge in [0.1, 0.15) is 6.54 Å². The molecule has 2 amide bonds. The summed E-state index contributed by atoms with van der Waals surface area (Å²) in [5.41, 5.74) is 0. The van der Waals surface area contributed by atoms with Crippen molar-refractivity contribution in [2.24, 2.45) is 4.99 Å². The fraction of sp³-hybridized carbons (Fsp3) is 0.714. The Morgan fingerprint density at radius 3 is 2.59 bits per heavy atom. The maximum atomic E-state index is 11.8. The summed E-state index contributed by atoms with van der Waals surface area (Å²) < 4.78 is 9.46. The van der Waals surface area contributed by atoms with Crippen molar-refractivity contribution in [2.75, 3.05) is 20.3 Å². The van der Waals surface area contributed by atoms with Gasteiger partial charge in [-0.1, -0.05) is 25.7 Å². The van der Waals surface area contributed by atoms with Gasteiger partial charge in [0.25, 0.3) is 0 Å². The van der Waals surface area contributed by atoms with E-state index in [1.165, 1.54) is 7.11 Å². The van der Waals surface area contributed by atoms with Crippen LogP contribution in [0.5, 0.6) is 0 Å². The minimum atomic E-state index is -0.773. The summed E-state index contributed by atoms with van der Waals surface area (Å²) in [6.45, 7) is 0.0834. The highest BCUT2D eigenvalue weighted by Gasteiger charge is 2.11. The van der Waals surface area contributed by atoms with Crippen molar-refractivity contribution in [1.82, 2.24) is 10.6 Å². The summed E-state index contributed by atoms with van der Waals surface area (Å²) in [5, 5.41) is 4.72. The van der Waals surface area contributed by atoms with E-state index in [0.29, 0.717) is 13.0 Å². The molecular formula is C14H23N3O5. The zero-order valence-electron chi connectivity index (χ0n) is 12.9. The molecule has 1 heterocycles. The van der Waals surface area contributed by atoms with Crippen LogP contribution >= 0.6 is 0 Å². The lowest BCUT2D eigenvalue weighted by molar-refractivity contribution is -0.142. The molecule has 0 spiro atoms. The molecule has 124 valence electrons. The van der Waals surface area contributed by atoms with Crippen molar-refractivity contribution >= 4 is 23.9 Å². The van der Waals surface area contributed by atoms with Crippen LogP contribution < -0.4 is 10.6 Å². The van der Waals surface area contributed by atoms with E-state index in [2.05, 4.69) is 20.4 Å². The Hall–Kier alpha value is -2.12. The van der Waals surface area contributed by atoms with Crippen LogP contribution in [0.15, 0.2) is 4.99 Å². The molecule has 0 saturated heterocycles. The van der Waals surface area contributed by atoms with Crippen LogP contribution in [-0.2, 0) is 19.1 Å². The number of cyclic esters (lactones) is 1. The Labute approximate surface area is 129 Å². The molecule has 0 fully saturated rings. The van der Waals surface area contributed by atoms with E-state index in [9.17, 15) is 14.4 Å². The number of hydrogen-bond donors (Lipinski definition) is 2. The first-order chi connectivity index (χ1) is 10.6. The first kappa shape index (κ1) is 17.9. The van der Waals surface area contributed by atoms with Gasteiger partial charge in [-0.2, -0.15) is 0 Å². The molecular weight excluding hydrogens is 290 g/mol. The number of ether oxygens (including phenoxy) is 2. The normalized spacial score (nSPS) is 18.9. The molecule has 8 nitrogen and oxygen atoms in total. The highest BCUT2D eigenvalue weighted by atomic mass is 16.5. The SMILES string of the molecule is COC(=O)NC1=NCC(=O)OCCCCCCCCC(=O)N1. The Morgan fingerprint density at radius 1 is 1.18 bits per heavy atom. The number of nitrogens with one attached hydrogen (secondary N) is 2. The van der Waals surface area contributed by atoms with E-state index in [1.54, 1.807) is 0 Å². The predicted octanol–water partition coefficient (Wildman–Crippen LogP) is 1.10. The average Bonchev–Trinajstić information content (AvgIpc) is 2.50. The second kappa shape index (κ2) is 10.6. The Morgan fingerprint density at radius 2 is 1.86 bits per heavy atom. The van der Waals surface area contributed by atoms with Crippen molar-refractivity contribution in [3.05, 3.63) is 0 Å². The van der Waals surface area contributed by atoms with E-state index < -0.39 is 12.1 Å². The summed E-state index contributed by atoms with van der Waals surface area (Å²) >= 11 is 0. The van der Waals surface area contributed by atoms with Gasteiger partial charge in [-0.05, 0) is 12.8 Å². The van der Waals surface area contributed by atoms with Crippen molar-refractivity contribution in [3.8, 4) is 0 Å². The van der Waals surface area contributed by atoms with Crippen LogP contribution in [0.4, 0.5) is 4.79 Å². The number of methoxy groups -OCH3 is 1. The van der Waals surface area contributed by atoms with E-state index in [-0.39, 0.29) is 18.4 Å². The number of nitrogens with zero attached hydrogens (tertiary/aromatic N) is 1. The van der Waals surface area contributed by atoms with Gasteiger partial charge in [0.2, 0.25) is 11.9 Å². The Bertz CT molecular complexity index is 423. The number of carbonyl (C=O) groups is 3. The third-order valence-electron chi connectivity index (χ3n) is 3.09. The van der Waals surface area contributed by atoms with Gasteiger partial charge in [0, 0.05) is 6.42 Å². The molecule has 22 heavy (non-hydrogen) atoms. The molecule has 0 aromatic carbocycles. The molecule has 0 aliphatic carbocycles. The summed E-state index contributed by atoms with van der Waals surface area (Å²) in [7, 11) is 1.19. The molecule has 1 rings (SSSR count). The van der Waals surface area contributed by atoms with Crippen LogP contribution in [0.2, 0.25) is 0 Å². The van der Waals surface area contributed by atoms with Gasteiger partial charge in [-0.25, -0.2) is 9.79 Å². The summed E-state index contributed by atoms with van der Waals surface area (Å²) in [4.78, 5) is 38.4. The van der Waals surface area contributed by atoms with Crippen molar-refractivity contribution in [1.29, 1.82) is 0 Å². The minimum Gasteiger partial charge on any atom is -0.464 e. The molecule has 8 heteroatoms. The second-order valence-corrected chi connectivity index (χ2v) is 4.92. The summed E-state index contributed by atoms with van der Waals surface area (Å²) in [6.07, 6.45) is 5.22. The number of amides is 2. The molecule has 0 bridgehead atoms. The molecule has 1 aliphatic heterocycles. The van der Waals surface area contributed by atoms with Gasteiger partial charge in [-0.3, -0.25) is 20.2 Å². The molecule has 2 N–H and O–H groups in total. The number of esters is 1. The van der Waals surface area contributed by atoms with Crippen LogP contribution in [-0.4, -0.2) is 44.2 Å². The first-order valence-electron chi connectivity index (χ1n) is 7.46. The number of carbonyl (C=O) groups excluding carboxylic acids is 3. The predicted molar refractivity (Wildman–Crippen MR) is 79.3 cm³/mol. The van der Waals surface area contributed by atoms with Crippen molar-refractivity contribution < 1.29 is 23.9 Å². The van der Waals surface area contributed by atoms with Crippen LogP contribution in [0.1, 0.15) is 44.9 Å². The number of guanidine groups is 1. The van der Waals surface area contributed by atoms with E-state index in [4.69, 9.17) is 4.74 Å². The Kier molecular flexibility index (Phi) is 8.63. The number of aliphatic imine (C=N–C) groups is 1. The fourth-order valence-electron chi connectivity index (χ4n) is 1.92. The van der Waals surface area contributed by atoms with Crippen molar-refractivity contribution in [3.63, 3.8) is 0 Å². The van der Waals surface area contributed by atoms with Gasteiger partial charge >= 0.3 is 12.1 Å². The molecule has 0 saturated carbocycles. The second-order valence-electron chi connectivity index (χ2n) is 4.92. The molecule has 0 unspecified atom stereocenters. The smallest absolute Gasteiger partial charge is 0.413 e.